The van der Waals surface area contributed by atoms with Gasteiger partial charge < -0.3 is 9.47 Å². The van der Waals surface area contributed by atoms with Gasteiger partial charge in [-0.05, 0) is 24.1 Å². The van der Waals surface area contributed by atoms with Crippen LogP contribution in [0, 0.1) is 0 Å². The molecule has 0 spiro atoms. The first-order valence-corrected chi connectivity index (χ1v) is 5.51. The second kappa shape index (κ2) is 6.68. The number of hydrogen-bond acceptors (Lipinski definition) is 4. The molecule has 0 bridgehead atoms. The van der Waals surface area contributed by atoms with Gasteiger partial charge in [0.05, 0.1) is 5.56 Å². The fraction of sp³-hybridized carbons (Fsp3) is 0.385. The van der Waals surface area contributed by atoms with Crippen LogP contribution in [0.3, 0.4) is 0 Å². The molecular formula is C13H16O4. The Labute approximate surface area is 101 Å². The Kier molecular flexibility index (Phi) is 5.20. The van der Waals surface area contributed by atoms with Crippen LogP contribution in [0.2, 0.25) is 0 Å². The fourth-order valence-corrected chi connectivity index (χ4v) is 1.38. The third-order valence-corrected chi connectivity index (χ3v) is 2.26. The van der Waals surface area contributed by atoms with Gasteiger partial charge in [0.1, 0.15) is 19.0 Å². The van der Waals surface area contributed by atoms with Crippen molar-refractivity contribution in [2.45, 2.75) is 20.3 Å². The Hall–Kier alpha value is -1.84. The van der Waals surface area contributed by atoms with E-state index >= 15 is 0 Å². The van der Waals surface area contributed by atoms with Crippen LogP contribution in [0.5, 0.6) is 5.75 Å². The first kappa shape index (κ1) is 13.2. The van der Waals surface area contributed by atoms with Gasteiger partial charge in [-0.1, -0.05) is 13.0 Å². The van der Waals surface area contributed by atoms with Crippen molar-refractivity contribution < 1.29 is 19.1 Å². The molecule has 0 radical (unpaired) electrons. The molecule has 0 heterocycles. The zero-order valence-electron chi connectivity index (χ0n) is 10.1. The number of carbonyl (C=O) groups is 2. The van der Waals surface area contributed by atoms with Crippen LogP contribution in [0.15, 0.2) is 18.2 Å². The second-order valence-corrected chi connectivity index (χ2v) is 3.53. The minimum Gasteiger partial charge on any atom is -0.489 e. The summed E-state index contributed by atoms with van der Waals surface area (Å²) in [6.07, 6.45) is 1.63. The van der Waals surface area contributed by atoms with Crippen molar-refractivity contribution in [3.63, 3.8) is 0 Å². The lowest BCUT2D eigenvalue weighted by molar-refractivity contribution is -0.141. The van der Waals surface area contributed by atoms with E-state index in [1.165, 1.54) is 6.92 Å². The van der Waals surface area contributed by atoms with Gasteiger partial charge in [0.15, 0.2) is 6.29 Å². The number of hydrogen-bond donors (Lipinski definition) is 0. The Morgan fingerprint density at radius 1 is 1.35 bits per heavy atom. The monoisotopic (exact) mass is 236 g/mol. The zero-order valence-corrected chi connectivity index (χ0v) is 10.1. The number of aldehydes is 1. The number of rotatable bonds is 6. The molecule has 0 N–H and O–H groups in total. The SMILES string of the molecule is CCc1ccc(OCCOC(C)=O)c(C=O)c1. The molecule has 1 aromatic rings. The molecule has 0 atom stereocenters. The van der Waals surface area contributed by atoms with Crippen LogP contribution in [-0.4, -0.2) is 25.5 Å². The Morgan fingerprint density at radius 3 is 2.71 bits per heavy atom. The summed E-state index contributed by atoms with van der Waals surface area (Å²) in [6, 6.07) is 5.47. The summed E-state index contributed by atoms with van der Waals surface area (Å²) in [7, 11) is 0. The first-order chi connectivity index (χ1) is 8.17. The van der Waals surface area contributed by atoms with Crippen molar-refractivity contribution >= 4 is 12.3 Å². The molecule has 0 aliphatic rings. The number of ether oxygens (including phenoxy) is 2. The topological polar surface area (TPSA) is 52.6 Å². The lowest BCUT2D eigenvalue weighted by Gasteiger charge is -2.09. The Bertz CT molecular complexity index is 398. The van der Waals surface area contributed by atoms with E-state index in [0.29, 0.717) is 11.3 Å². The van der Waals surface area contributed by atoms with E-state index in [2.05, 4.69) is 0 Å². The summed E-state index contributed by atoms with van der Waals surface area (Å²) < 4.78 is 10.1. The van der Waals surface area contributed by atoms with Crippen molar-refractivity contribution in [1.29, 1.82) is 0 Å². The van der Waals surface area contributed by atoms with Gasteiger partial charge in [0, 0.05) is 6.92 Å². The van der Waals surface area contributed by atoms with Gasteiger partial charge in [-0.15, -0.1) is 0 Å². The molecule has 17 heavy (non-hydrogen) atoms. The second-order valence-electron chi connectivity index (χ2n) is 3.53. The van der Waals surface area contributed by atoms with E-state index in [1.54, 1.807) is 12.1 Å². The number of benzene rings is 1. The molecular weight excluding hydrogens is 220 g/mol. The summed E-state index contributed by atoms with van der Waals surface area (Å²) in [5, 5.41) is 0. The summed E-state index contributed by atoms with van der Waals surface area (Å²) in [5.41, 5.74) is 1.60. The summed E-state index contributed by atoms with van der Waals surface area (Å²) >= 11 is 0. The summed E-state index contributed by atoms with van der Waals surface area (Å²) in [6.45, 7) is 3.78. The average Bonchev–Trinajstić information content (AvgIpc) is 2.34. The van der Waals surface area contributed by atoms with Crippen molar-refractivity contribution in [2.75, 3.05) is 13.2 Å². The standard InChI is InChI=1S/C13H16O4/c1-3-11-4-5-13(12(8-11)9-14)17-7-6-16-10(2)15/h4-5,8-9H,3,6-7H2,1-2H3. The lowest BCUT2D eigenvalue weighted by atomic mass is 10.1. The highest BCUT2D eigenvalue weighted by Gasteiger charge is 2.04. The third kappa shape index (κ3) is 4.26. The maximum absolute atomic E-state index is 10.9. The van der Waals surface area contributed by atoms with Crippen molar-refractivity contribution in [3.8, 4) is 5.75 Å². The van der Waals surface area contributed by atoms with Crippen LogP contribution in [0.25, 0.3) is 0 Å². The molecule has 0 unspecified atom stereocenters. The lowest BCUT2D eigenvalue weighted by Crippen LogP contribution is -2.10. The minimum absolute atomic E-state index is 0.184. The molecule has 0 amide bonds. The molecule has 0 aliphatic carbocycles. The molecule has 92 valence electrons. The quantitative estimate of drug-likeness (QED) is 0.430. The van der Waals surface area contributed by atoms with Gasteiger partial charge in [-0.25, -0.2) is 0 Å². The molecule has 0 saturated carbocycles. The van der Waals surface area contributed by atoms with E-state index in [1.807, 2.05) is 13.0 Å². The number of aryl methyl sites for hydroxylation is 1. The zero-order chi connectivity index (χ0) is 12.7. The highest BCUT2D eigenvalue weighted by Crippen LogP contribution is 2.18. The first-order valence-electron chi connectivity index (χ1n) is 5.51. The highest BCUT2D eigenvalue weighted by molar-refractivity contribution is 5.79. The fourth-order valence-electron chi connectivity index (χ4n) is 1.38. The van der Waals surface area contributed by atoms with Gasteiger partial charge in [0.2, 0.25) is 0 Å². The average molecular weight is 236 g/mol. The molecule has 4 nitrogen and oxygen atoms in total. The van der Waals surface area contributed by atoms with Gasteiger partial charge in [-0.3, -0.25) is 9.59 Å². The maximum atomic E-state index is 10.9. The van der Waals surface area contributed by atoms with Crippen LogP contribution < -0.4 is 4.74 Å². The van der Waals surface area contributed by atoms with Crippen molar-refractivity contribution in [2.24, 2.45) is 0 Å². The Morgan fingerprint density at radius 2 is 2.12 bits per heavy atom. The largest absolute Gasteiger partial charge is 0.489 e. The van der Waals surface area contributed by atoms with E-state index < -0.39 is 0 Å². The van der Waals surface area contributed by atoms with Crippen molar-refractivity contribution in [3.05, 3.63) is 29.3 Å². The molecule has 0 aromatic heterocycles. The molecule has 1 rings (SSSR count). The van der Waals surface area contributed by atoms with E-state index in [-0.39, 0.29) is 19.2 Å². The molecule has 0 fully saturated rings. The normalized spacial score (nSPS) is 9.76. The highest BCUT2D eigenvalue weighted by atomic mass is 16.6. The van der Waals surface area contributed by atoms with E-state index in [0.717, 1.165) is 18.3 Å². The third-order valence-electron chi connectivity index (χ3n) is 2.26. The predicted molar refractivity (Wildman–Crippen MR) is 63.3 cm³/mol. The number of carbonyl (C=O) groups excluding carboxylic acids is 2. The maximum Gasteiger partial charge on any atom is 0.302 e. The molecule has 1 aromatic carbocycles. The van der Waals surface area contributed by atoms with Gasteiger partial charge in [0.25, 0.3) is 0 Å². The van der Waals surface area contributed by atoms with Crippen LogP contribution >= 0.6 is 0 Å². The summed E-state index contributed by atoms with van der Waals surface area (Å²) in [5.74, 6) is 0.176. The minimum atomic E-state index is -0.342. The number of esters is 1. The van der Waals surface area contributed by atoms with Gasteiger partial charge >= 0.3 is 5.97 Å². The summed E-state index contributed by atoms with van der Waals surface area (Å²) in [4.78, 5) is 21.4. The van der Waals surface area contributed by atoms with Gasteiger partial charge in [-0.2, -0.15) is 0 Å². The van der Waals surface area contributed by atoms with Crippen LogP contribution in [-0.2, 0) is 16.0 Å². The predicted octanol–water partition coefficient (Wildman–Crippen LogP) is 2.00. The molecule has 0 saturated heterocycles. The Balaban J connectivity index is 2.58. The molecule has 0 aliphatic heterocycles. The molecule has 4 heteroatoms. The van der Waals surface area contributed by atoms with Crippen LogP contribution in [0.4, 0.5) is 0 Å². The van der Waals surface area contributed by atoms with E-state index in [9.17, 15) is 9.59 Å². The van der Waals surface area contributed by atoms with Crippen molar-refractivity contribution in [1.82, 2.24) is 0 Å². The van der Waals surface area contributed by atoms with Crippen LogP contribution in [0.1, 0.15) is 29.8 Å². The smallest absolute Gasteiger partial charge is 0.302 e. The van der Waals surface area contributed by atoms with E-state index in [4.69, 9.17) is 9.47 Å².